The smallest absolute Gasteiger partial charge is 0.220 e. The molecule has 0 aliphatic rings. The monoisotopic (exact) mass is 322 g/mol. The number of allylic oxidation sites excluding steroid dienone is 2. The Hall–Kier alpha value is -2.01. The second-order valence-corrected chi connectivity index (χ2v) is 5.70. The van der Waals surface area contributed by atoms with Crippen LogP contribution in [0.5, 0.6) is 11.5 Å². The predicted molar refractivity (Wildman–Crippen MR) is 94.0 cm³/mol. The number of rotatable bonds is 9. The van der Waals surface area contributed by atoms with E-state index in [1.165, 1.54) is 7.11 Å². The van der Waals surface area contributed by atoms with Gasteiger partial charge in [0.2, 0.25) is 5.91 Å². The van der Waals surface area contributed by atoms with Crippen LogP contribution in [0, 0.1) is 5.92 Å². The highest BCUT2D eigenvalue weighted by Gasteiger charge is 2.04. The van der Waals surface area contributed by atoms with Gasteiger partial charge in [0, 0.05) is 13.0 Å². The molecule has 1 amide bonds. The summed E-state index contributed by atoms with van der Waals surface area (Å²) in [6.45, 7) is 4.76. The molecule has 5 heteroatoms. The van der Waals surface area contributed by atoms with Gasteiger partial charge in [-0.25, -0.2) is 0 Å². The average Bonchev–Trinajstić information content (AvgIpc) is 2.49. The lowest BCUT2D eigenvalue weighted by molar-refractivity contribution is -0.121. The number of carbonyl (C=O) groups is 1. The summed E-state index contributed by atoms with van der Waals surface area (Å²) in [6.07, 6.45) is 7.88. The maximum Gasteiger partial charge on any atom is 0.220 e. The summed E-state index contributed by atoms with van der Waals surface area (Å²) < 4.78 is 5.04. The van der Waals surface area contributed by atoms with Crippen LogP contribution in [0.25, 0.3) is 0 Å². The van der Waals surface area contributed by atoms with Crippen LogP contribution in [-0.4, -0.2) is 18.1 Å². The van der Waals surface area contributed by atoms with Crippen LogP contribution in [0.4, 0.5) is 0 Å². The number of amides is 1. The molecule has 0 heterocycles. The fourth-order valence-electron chi connectivity index (χ4n) is 2.04. The Morgan fingerprint density at radius 1 is 1.35 bits per heavy atom. The summed E-state index contributed by atoms with van der Waals surface area (Å²) in [7, 11) is 1.51. The summed E-state index contributed by atoms with van der Waals surface area (Å²) in [5.74, 6) is 1.17. The zero-order valence-electron chi connectivity index (χ0n) is 14.5. The lowest BCUT2D eigenvalue weighted by atomic mass is 10.1. The SMILES string of the molecule is COc1cc(CNC(=O)CCCC/C=C/C(C)C)ccc1O.N. The number of aromatic hydroxyl groups is 1. The minimum Gasteiger partial charge on any atom is -0.504 e. The van der Waals surface area contributed by atoms with E-state index in [9.17, 15) is 9.90 Å². The molecule has 0 saturated heterocycles. The van der Waals surface area contributed by atoms with Crippen LogP contribution in [-0.2, 0) is 11.3 Å². The molecule has 0 unspecified atom stereocenters. The van der Waals surface area contributed by atoms with Crippen LogP contribution in [0.3, 0.4) is 0 Å². The zero-order valence-corrected chi connectivity index (χ0v) is 14.5. The molecule has 23 heavy (non-hydrogen) atoms. The quantitative estimate of drug-likeness (QED) is 0.474. The number of phenolic OH excluding ortho intramolecular Hbond substituents is 1. The molecule has 0 aliphatic carbocycles. The predicted octanol–water partition coefficient (Wildman–Crippen LogP) is 3.95. The number of unbranched alkanes of at least 4 members (excludes halogenated alkanes) is 2. The highest BCUT2D eigenvalue weighted by atomic mass is 16.5. The largest absolute Gasteiger partial charge is 0.504 e. The van der Waals surface area contributed by atoms with Crippen molar-refractivity contribution in [1.82, 2.24) is 11.5 Å². The minimum atomic E-state index is 0. The molecule has 0 aliphatic heterocycles. The van der Waals surface area contributed by atoms with Crippen LogP contribution in [0.2, 0.25) is 0 Å². The Kier molecular flexibility index (Phi) is 10.5. The second-order valence-electron chi connectivity index (χ2n) is 5.70. The lowest BCUT2D eigenvalue weighted by Gasteiger charge is -2.08. The molecular weight excluding hydrogens is 292 g/mol. The first-order chi connectivity index (χ1) is 10.5. The molecule has 0 atom stereocenters. The van der Waals surface area contributed by atoms with Gasteiger partial charge in [0.15, 0.2) is 11.5 Å². The van der Waals surface area contributed by atoms with E-state index in [1.807, 2.05) is 0 Å². The lowest BCUT2D eigenvalue weighted by Crippen LogP contribution is -2.22. The van der Waals surface area contributed by atoms with Crippen LogP contribution < -0.4 is 16.2 Å². The molecule has 0 spiro atoms. The van der Waals surface area contributed by atoms with Crippen molar-refractivity contribution < 1.29 is 14.6 Å². The summed E-state index contributed by atoms with van der Waals surface area (Å²) >= 11 is 0. The molecule has 0 saturated carbocycles. The number of methoxy groups -OCH3 is 1. The van der Waals surface area contributed by atoms with E-state index < -0.39 is 0 Å². The van der Waals surface area contributed by atoms with Gasteiger partial charge in [-0.05, 0) is 42.9 Å². The summed E-state index contributed by atoms with van der Waals surface area (Å²) in [6, 6.07) is 5.07. The third kappa shape index (κ3) is 8.88. The zero-order chi connectivity index (χ0) is 16.4. The fourth-order valence-corrected chi connectivity index (χ4v) is 2.04. The first-order valence-corrected chi connectivity index (χ1v) is 7.82. The second kappa shape index (κ2) is 11.5. The Bertz CT molecular complexity index is 499. The third-order valence-electron chi connectivity index (χ3n) is 3.28. The van der Waals surface area contributed by atoms with Gasteiger partial charge in [0.25, 0.3) is 0 Å². The number of carbonyl (C=O) groups excluding carboxylic acids is 1. The minimum absolute atomic E-state index is 0. The van der Waals surface area contributed by atoms with E-state index in [2.05, 4.69) is 31.3 Å². The molecule has 5 N–H and O–H groups in total. The van der Waals surface area contributed by atoms with E-state index >= 15 is 0 Å². The molecular formula is C18H30N2O3. The summed E-state index contributed by atoms with van der Waals surface area (Å²) in [4.78, 5) is 11.8. The Morgan fingerprint density at radius 3 is 2.74 bits per heavy atom. The summed E-state index contributed by atoms with van der Waals surface area (Å²) in [5.41, 5.74) is 0.905. The average molecular weight is 322 g/mol. The number of nitrogens with one attached hydrogen (secondary N) is 1. The van der Waals surface area contributed by atoms with Crippen molar-refractivity contribution in [2.75, 3.05) is 7.11 Å². The Labute approximate surface area is 139 Å². The van der Waals surface area contributed by atoms with Crippen molar-refractivity contribution in [1.29, 1.82) is 0 Å². The number of phenols is 1. The maximum absolute atomic E-state index is 11.8. The normalized spacial score (nSPS) is 10.6. The summed E-state index contributed by atoms with van der Waals surface area (Å²) in [5, 5.41) is 12.4. The van der Waals surface area contributed by atoms with Gasteiger partial charge in [-0.15, -0.1) is 0 Å². The van der Waals surface area contributed by atoms with Crippen molar-refractivity contribution in [3.8, 4) is 11.5 Å². The van der Waals surface area contributed by atoms with Crippen molar-refractivity contribution in [3.05, 3.63) is 35.9 Å². The van der Waals surface area contributed by atoms with Gasteiger partial charge < -0.3 is 21.3 Å². The number of benzene rings is 1. The molecule has 0 bridgehead atoms. The van der Waals surface area contributed by atoms with E-state index in [-0.39, 0.29) is 17.8 Å². The molecule has 0 aromatic heterocycles. The fraction of sp³-hybridized carbons (Fsp3) is 0.500. The molecule has 130 valence electrons. The Morgan fingerprint density at radius 2 is 2.09 bits per heavy atom. The maximum atomic E-state index is 11.8. The highest BCUT2D eigenvalue weighted by molar-refractivity contribution is 5.75. The molecule has 0 radical (unpaired) electrons. The standard InChI is InChI=1S/C18H27NO3.H3N/c1-14(2)8-6-4-5-7-9-18(21)19-13-15-10-11-16(20)17(12-15)22-3;/h6,8,10-12,14,20H,4-5,7,9,13H2,1-3H3,(H,19,21);1H3/b8-6+;. The van der Waals surface area contributed by atoms with Crippen LogP contribution in [0.1, 0.15) is 45.1 Å². The van der Waals surface area contributed by atoms with Gasteiger partial charge in [0.05, 0.1) is 7.11 Å². The van der Waals surface area contributed by atoms with Crippen molar-refractivity contribution in [3.63, 3.8) is 0 Å². The number of hydrogen-bond acceptors (Lipinski definition) is 4. The van der Waals surface area contributed by atoms with E-state index in [1.54, 1.807) is 18.2 Å². The van der Waals surface area contributed by atoms with Gasteiger partial charge in [-0.1, -0.05) is 32.1 Å². The molecule has 0 fully saturated rings. The third-order valence-corrected chi connectivity index (χ3v) is 3.28. The number of hydrogen-bond donors (Lipinski definition) is 3. The van der Waals surface area contributed by atoms with Gasteiger partial charge in [-0.3, -0.25) is 4.79 Å². The van der Waals surface area contributed by atoms with E-state index in [0.29, 0.717) is 24.6 Å². The van der Waals surface area contributed by atoms with Gasteiger partial charge in [0.1, 0.15) is 0 Å². The van der Waals surface area contributed by atoms with Crippen LogP contribution >= 0.6 is 0 Å². The van der Waals surface area contributed by atoms with E-state index in [4.69, 9.17) is 4.74 Å². The first kappa shape index (κ1) is 21.0. The Balaban J connectivity index is 0.00000484. The van der Waals surface area contributed by atoms with Gasteiger partial charge >= 0.3 is 0 Å². The molecule has 5 nitrogen and oxygen atoms in total. The number of ether oxygens (including phenoxy) is 1. The van der Waals surface area contributed by atoms with Crippen molar-refractivity contribution in [2.24, 2.45) is 5.92 Å². The molecule has 1 aromatic carbocycles. The van der Waals surface area contributed by atoms with Crippen molar-refractivity contribution >= 4 is 5.91 Å². The van der Waals surface area contributed by atoms with Crippen LogP contribution in [0.15, 0.2) is 30.4 Å². The first-order valence-electron chi connectivity index (χ1n) is 7.82. The molecule has 1 aromatic rings. The highest BCUT2D eigenvalue weighted by Crippen LogP contribution is 2.26. The van der Waals surface area contributed by atoms with E-state index in [0.717, 1.165) is 24.8 Å². The topological polar surface area (TPSA) is 93.6 Å². The molecule has 1 rings (SSSR count). The van der Waals surface area contributed by atoms with Gasteiger partial charge in [-0.2, -0.15) is 0 Å². The van der Waals surface area contributed by atoms with Crippen molar-refractivity contribution in [2.45, 2.75) is 46.1 Å².